The molecule has 4 atom stereocenters. The Hall–Kier alpha value is -0.510. The van der Waals surface area contributed by atoms with Gasteiger partial charge >= 0.3 is 0 Å². The van der Waals surface area contributed by atoms with Gasteiger partial charge in [0.1, 0.15) is 0 Å². The average molecular weight is 343 g/mol. The molecule has 2 N–H and O–H groups in total. The van der Waals surface area contributed by atoms with Crippen LogP contribution in [0.4, 0.5) is 5.69 Å². The van der Waals surface area contributed by atoms with Gasteiger partial charge in [-0.05, 0) is 74.4 Å². The Balaban J connectivity index is 1.55. The lowest BCUT2D eigenvalue weighted by Gasteiger charge is -2.29. The first-order chi connectivity index (χ1) is 10.0. The van der Waals surface area contributed by atoms with Crippen LogP contribution in [0.2, 0.25) is 10.0 Å². The Kier molecular flexibility index (Phi) is 4.63. The van der Waals surface area contributed by atoms with Crippen molar-refractivity contribution in [2.24, 2.45) is 17.8 Å². The van der Waals surface area contributed by atoms with Gasteiger partial charge in [-0.1, -0.05) is 29.6 Å². The molecule has 0 spiro atoms. The molecule has 0 heterocycles. The Bertz CT molecular complexity index is 549. The zero-order chi connectivity index (χ0) is 15.0. The molecule has 2 bridgehead atoms. The van der Waals surface area contributed by atoms with Gasteiger partial charge in [-0.25, -0.2) is 0 Å². The molecule has 3 rings (SSSR count). The van der Waals surface area contributed by atoms with E-state index in [0.29, 0.717) is 21.2 Å². The van der Waals surface area contributed by atoms with E-state index in [4.69, 9.17) is 35.4 Å². The maximum atomic E-state index is 6.01. The molecule has 0 aromatic heterocycles. The number of benzene rings is 1. The monoisotopic (exact) mass is 342 g/mol. The van der Waals surface area contributed by atoms with Crippen molar-refractivity contribution in [2.75, 3.05) is 5.32 Å². The van der Waals surface area contributed by atoms with Crippen LogP contribution < -0.4 is 10.6 Å². The molecule has 2 aliphatic carbocycles. The molecule has 2 saturated carbocycles. The molecule has 21 heavy (non-hydrogen) atoms. The second-order valence-corrected chi connectivity index (χ2v) is 7.58. The summed E-state index contributed by atoms with van der Waals surface area (Å²) in [5.41, 5.74) is 0.863. The summed E-state index contributed by atoms with van der Waals surface area (Å²) in [6.07, 6.45) is 5.60. The van der Waals surface area contributed by atoms with Crippen LogP contribution in [-0.2, 0) is 0 Å². The predicted octanol–water partition coefficient (Wildman–Crippen LogP) is 5.10. The molecular weight excluding hydrogens is 323 g/mol. The molecule has 4 unspecified atom stereocenters. The maximum Gasteiger partial charge on any atom is 0.170 e. The molecule has 2 fully saturated rings. The van der Waals surface area contributed by atoms with Crippen LogP contribution in [0.25, 0.3) is 0 Å². The van der Waals surface area contributed by atoms with Crippen molar-refractivity contribution in [3.8, 4) is 0 Å². The first-order valence-corrected chi connectivity index (χ1v) is 8.72. The van der Waals surface area contributed by atoms with E-state index in [1.165, 1.54) is 25.7 Å². The average Bonchev–Trinajstić information content (AvgIpc) is 3.05. The lowest BCUT2D eigenvalue weighted by molar-refractivity contribution is 0.279. The number of nitrogens with one attached hydrogen (secondary N) is 2. The van der Waals surface area contributed by atoms with E-state index in [0.717, 1.165) is 23.4 Å². The highest BCUT2D eigenvalue weighted by atomic mass is 35.5. The molecule has 0 amide bonds. The second-order valence-electron chi connectivity index (χ2n) is 6.35. The minimum absolute atomic E-state index is 0.420. The summed E-state index contributed by atoms with van der Waals surface area (Å²) in [5.74, 6) is 2.61. The number of hydrogen-bond donors (Lipinski definition) is 2. The highest BCUT2D eigenvalue weighted by Crippen LogP contribution is 2.49. The summed E-state index contributed by atoms with van der Waals surface area (Å²) in [7, 11) is 0. The lowest BCUT2D eigenvalue weighted by Crippen LogP contribution is -2.42. The standard InChI is InChI=1S/C16H20Cl2N2S/c1-9(13-7-10-2-3-11(13)6-10)19-16(21)20-12-4-5-14(17)15(18)8-12/h4-5,8-11,13H,2-3,6-7H2,1H3,(H2,19,20,21). The van der Waals surface area contributed by atoms with E-state index in [-0.39, 0.29) is 0 Å². The maximum absolute atomic E-state index is 6.01. The van der Waals surface area contributed by atoms with Crippen LogP contribution in [0.15, 0.2) is 18.2 Å². The largest absolute Gasteiger partial charge is 0.360 e. The van der Waals surface area contributed by atoms with Crippen LogP contribution in [-0.4, -0.2) is 11.2 Å². The van der Waals surface area contributed by atoms with Gasteiger partial charge in [0, 0.05) is 11.7 Å². The van der Waals surface area contributed by atoms with Gasteiger partial charge in [-0.15, -0.1) is 0 Å². The molecule has 0 saturated heterocycles. The van der Waals surface area contributed by atoms with E-state index in [1.807, 2.05) is 6.07 Å². The van der Waals surface area contributed by atoms with Gasteiger partial charge in [-0.2, -0.15) is 0 Å². The second kappa shape index (κ2) is 6.31. The van der Waals surface area contributed by atoms with E-state index in [9.17, 15) is 0 Å². The molecule has 0 aliphatic heterocycles. The summed E-state index contributed by atoms with van der Waals surface area (Å²) < 4.78 is 0. The van der Waals surface area contributed by atoms with Crippen LogP contribution in [0.3, 0.4) is 0 Å². The van der Waals surface area contributed by atoms with Gasteiger partial charge in [0.2, 0.25) is 0 Å². The van der Waals surface area contributed by atoms with Gasteiger partial charge in [-0.3, -0.25) is 0 Å². The van der Waals surface area contributed by atoms with E-state index >= 15 is 0 Å². The van der Waals surface area contributed by atoms with Crippen LogP contribution in [0, 0.1) is 17.8 Å². The van der Waals surface area contributed by atoms with Crippen LogP contribution in [0.1, 0.15) is 32.6 Å². The summed E-state index contributed by atoms with van der Waals surface area (Å²) in [4.78, 5) is 0. The molecule has 2 nitrogen and oxygen atoms in total. The minimum atomic E-state index is 0.420. The Morgan fingerprint density at radius 3 is 2.67 bits per heavy atom. The number of thiocarbonyl (C=S) groups is 1. The minimum Gasteiger partial charge on any atom is -0.360 e. The molecular formula is C16H20Cl2N2S. The quantitative estimate of drug-likeness (QED) is 0.746. The Morgan fingerprint density at radius 2 is 2.05 bits per heavy atom. The summed E-state index contributed by atoms with van der Waals surface area (Å²) in [6, 6.07) is 5.86. The molecule has 0 radical (unpaired) electrons. The first kappa shape index (κ1) is 15.4. The third-order valence-electron chi connectivity index (χ3n) is 4.97. The fourth-order valence-electron chi connectivity index (χ4n) is 3.96. The number of anilines is 1. The van der Waals surface area contributed by atoms with Crippen molar-refractivity contribution >= 4 is 46.2 Å². The SMILES string of the molecule is CC(NC(=S)Nc1ccc(Cl)c(Cl)c1)C1CC2CCC1C2. The highest BCUT2D eigenvalue weighted by Gasteiger charge is 2.41. The smallest absolute Gasteiger partial charge is 0.170 e. The third kappa shape index (κ3) is 3.46. The Morgan fingerprint density at radius 1 is 1.24 bits per heavy atom. The van der Waals surface area contributed by atoms with Gasteiger partial charge in [0.25, 0.3) is 0 Å². The summed E-state index contributed by atoms with van der Waals surface area (Å²) in [6.45, 7) is 2.24. The Labute approximate surface area is 141 Å². The van der Waals surface area contributed by atoms with Crippen molar-refractivity contribution in [2.45, 2.75) is 38.6 Å². The first-order valence-electron chi connectivity index (χ1n) is 7.55. The van der Waals surface area contributed by atoms with E-state index in [2.05, 4.69) is 17.6 Å². The zero-order valence-electron chi connectivity index (χ0n) is 12.0. The van der Waals surface area contributed by atoms with Gasteiger partial charge in [0.15, 0.2) is 5.11 Å². The summed E-state index contributed by atoms with van der Waals surface area (Å²) >= 11 is 17.3. The van der Waals surface area contributed by atoms with Crippen molar-refractivity contribution < 1.29 is 0 Å². The van der Waals surface area contributed by atoms with Gasteiger partial charge in [0.05, 0.1) is 10.0 Å². The number of fused-ring (bicyclic) bond motifs is 2. The zero-order valence-corrected chi connectivity index (χ0v) is 14.4. The van der Waals surface area contributed by atoms with E-state index in [1.54, 1.807) is 12.1 Å². The number of hydrogen-bond acceptors (Lipinski definition) is 1. The van der Waals surface area contributed by atoms with Crippen molar-refractivity contribution in [3.05, 3.63) is 28.2 Å². The lowest BCUT2D eigenvalue weighted by atomic mass is 9.84. The molecule has 1 aromatic carbocycles. The van der Waals surface area contributed by atoms with E-state index < -0.39 is 0 Å². The number of rotatable bonds is 3. The molecule has 2 aliphatic rings. The number of halogens is 2. The van der Waals surface area contributed by atoms with Crippen LogP contribution in [0.5, 0.6) is 0 Å². The molecule has 114 valence electrons. The van der Waals surface area contributed by atoms with Gasteiger partial charge < -0.3 is 10.6 Å². The normalized spacial score (nSPS) is 28.4. The molecule has 1 aromatic rings. The fourth-order valence-corrected chi connectivity index (χ4v) is 4.56. The third-order valence-corrected chi connectivity index (χ3v) is 5.93. The highest BCUT2D eigenvalue weighted by molar-refractivity contribution is 7.80. The van der Waals surface area contributed by atoms with Crippen LogP contribution >= 0.6 is 35.4 Å². The van der Waals surface area contributed by atoms with Crippen molar-refractivity contribution in [3.63, 3.8) is 0 Å². The van der Waals surface area contributed by atoms with Crippen molar-refractivity contribution in [1.29, 1.82) is 0 Å². The fraction of sp³-hybridized carbons (Fsp3) is 0.562. The molecule has 5 heteroatoms. The predicted molar refractivity (Wildman–Crippen MR) is 94.2 cm³/mol. The summed E-state index contributed by atoms with van der Waals surface area (Å²) in [5, 5.41) is 8.36. The van der Waals surface area contributed by atoms with Crippen molar-refractivity contribution in [1.82, 2.24) is 5.32 Å². The topological polar surface area (TPSA) is 24.1 Å².